The minimum Gasteiger partial charge on any atom is -0.383 e. The first kappa shape index (κ1) is 12.4. The lowest BCUT2D eigenvalue weighted by atomic mass is 10.3. The Balaban J connectivity index is 1.94. The molecule has 1 aromatic carbocycles. The van der Waals surface area contributed by atoms with E-state index in [0.29, 0.717) is 16.6 Å². The molecule has 4 nitrogen and oxygen atoms in total. The van der Waals surface area contributed by atoms with Gasteiger partial charge in [-0.05, 0) is 25.0 Å². The fourth-order valence-corrected chi connectivity index (χ4v) is 2.56. The highest BCUT2D eigenvalue weighted by molar-refractivity contribution is 7.90. The Morgan fingerprint density at radius 2 is 1.94 bits per heavy atom. The lowest BCUT2D eigenvalue weighted by Gasteiger charge is -2.10. The molecule has 0 unspecified atom stereocenters. The Kier molecular flexibility index (Phi) is 3.69. The predicted molar refractivity (Wildman–Crippen MR) is 69.1 cm³/mol. The molecule has 2 N–H and O–H groups in total. The smallest absolute Gasteiger partial charge is 0.177 e. The van der Waals surface area contributed by atoms with Crippen LogP contribution in [0.5, 0.6) is 0 Å². The highest BCUT2D eigenvalue weighted by atomic mass is 32.2. The van der Waals surface area contributed by atoms with Crippen LogP contribution < -0.4 is 10.6 Å². The van der Waals surface area contributed by atoms with Crippen molar-refractivity contribution in [2.45, 2.75) is 23.8 Å². The molecule has 0 heterocycles. The zero-order valence-corrected chi connectivity index (χ0v) is 10.8. The molecule has 94 valence electrons. The van der Waals surface area contributed by atoms with E-state index in [2.05, 4.69) is 10.6 Å². The topological polar surface area (TPSA) is 58.2 Å². The summed E-state index contributed by atoms with van der Waals surface area (Å²) in [6.07, 6.45) is 3.76. The Hall–Kier alpha value is -1.07. The van der Waals surface area contributed by atoms with Crippen LogP contribution in [0.3, 0.4) is 0 Å². The van der Waals surface area contributed by atoms with Crippen LogP contribution in [0, 0.1) is 0 Å². The molecule has 2 rings (SSSR count). The summed E-state index contributed by atoms with van der Waals surface area (Å²) in [4.78, 5) is 0.367. The van der Waals surface area contributed by atoms with Crippen LogP contribution in [0.2, 0.25) is 0 Å². The van der Waals surface area contributed by atoms with Gasteiger partial charge in [-0.15, -0.1) is 0 Å². The average molecular weight is 254 g/mol. The highest BCUT2D eigenvalue weighted by Gasteiger charge is 2.19. The zero-order valence-electron chi connectivity index (χ0n) is 9.94. The van der Waals surface area contributed by atoms with Crippen molar-refractivity contribution < 1.29 is 8.42 Å². The molecule has 5 heteroatoms. The largest absolute Gasteiger partial charge is 0.383 e. The standard InChI is InChI=1S/C12H18N2O2S/c1-17(15,16)12-5-3-2-4-11(12)14-9-8-13-10-6-7-10/h2-5,10,13-14H,6-9H2,1H3. The summed E-state index contributed by atoms with van der Waals surface area (Å²) in [7, 11) is -3.16. The number of sulfone groups is 1. The molecule has 17 heavy (non-hydrogen) atoms. The van der Waals surface area contributed by atoms with E-state index in [1.165, 1.54) is 19.1 Å². The quantitative estimate of drug-likeness (QED) is 0.750. The third-order valence-corrected chi connectivity index (χ3v) is 3.89. The molecule has 1 aliphatic carbocycles. The molecular formula is C12H18N2O2S. The van der Waals surface area contributed by atoms with Gasteiger partial charge in [-0.2, -0.15) is 0 Å². The molecule has 0 atom stereocenters. The van der Waals surface area contributed by atoms with Gasteiger partial charge in [0.15, 0.2) is 9.84 Å². The summed E-state index contributed by atoms with van der Waals surface area (Å²) in [5.41, 5.74) is 0.688. The highest BCUT2D eigenvalue weighted by Crippen LogP contribution is 2.20. The maximum absolute atomic E-state index is 11.5. The molecule has 1 aliphatic rings. The number of para-hydroxylation sites is 1. The van der Waals surface area contributed by atoms with Crippen molar-refractivity contribution in [3.63, 3.8) is 0 Å². The Bertz CT molecular complexity index is 481. The lowest BCUT2D eigenvalue weighted by molar-refractivity contribution is 0.602. The summed E-state index contributed by atoms with van der Waals surface area (Å²) in [5.74, 6) is 0. The summed E-state index contributed by atoms with van der Waals surface area (Å²) in [6.45, 7) is 1.60. The van der Waals surface area contributed by atoms with Crippen LogP contribution in [0.25, 0.3) is 0 Å². The van der Waals surface area contributed by atoms with Crippen LogP contribution >= 0.6 is 0 Å². The third kappa shape index (κ3) is 3.71. The number of hydrogen-bond donors (Lipinski definition) is 2. The Morgan fingerprint density at radius 3 is 2.59 bits per heavy atom. The van der Waals surface area contributed by atoms with Gasteiger partial charge in [-0.25, -0.2) is 8.42 Å². The maximum atomic E-state index is 11.5. The fourth-order valence-electron chi connectivity index (χ4n) is 1.70. The first-order chi connectivity index (χ1) is 8.07. The van der Waals surface area contributed by atoms with Crippen molar-refractivity contribution in [3.8, 4) is 0 Å². The summed E-state index contributed by atoms with van der Waals surface area (Å²) in [6, 6.07) is 7.69. The van der Waals surface area contributed by atoms with E-state index in [1.54, 1.807) is 18.2 Å². The lowest BCUT2D eigenvalue weighted by Crippen LogP contribution is -2.24. The second-order valence-electron chi connectivity index (χ2n) is 4.42. The van der Waals surface area contributed by atoms with Crippen molar-refractivity contribution in [1.82, 2.24) is 5.32 Å². The van der Waals surface area contributed by atoms with E-state index in [0.717, 1.165) is 13.1 Å². The van der Waals surface area contributed by atoms with Crippen LogP contribution in [0.4, 0.5) is 5.69 Å². The Morgan fingerprint density at radius 1 is 1.24 bits per heavy atom. The summed E-state index contributed by atoms with van der Waals surface area (Å²) in [5, 5.41) is 6.53. The molecule has 0 aromatic heterocycles. The predicted octanol–water partition coefficient (Wildman–Crippen LogP) is 1.25. The van der Waals surface area contributed by atoms with Gasteiger partial charge in [-0.3, -0.25) is 0 Å². The second kappa shape index (κ2) is 5.06. The SMILES string of the molecule is CS(=O)(=O)c1ccccc1NCCNC1CC1. The monoisotopic (exact) mass is 254 g/mol. The number of anilines is 1. The molecule has 0 radical (unpaired) electrons. The maximum Gasteiger partial charge on any atom is 0.177 e. The van der Waals surface area contributed by atoms with Crippen molar-refractivity contribution in [3.05, 3.63) is 24.3 Å². The number of benzene rings is 1. The van der Waals surface area contributed by atoms with Gasteiger partial charge in [0, 0.05) is 25.4 Å². The molecule has 0 spiro atoms. The molecule has 0 saturated heterocycles. The van der Waals surface area contributed by atoms with Gasteiger partial charge >= 0.3 is 0 Å². The number of nitrogens with one attached hydrogen (secondary N) is 2. The molecule has 0 aliphatic heterocycles. The minimum absolute atomic E-state index is 0.367. The summed E-state index contributed by atoms with van der Waals surface area (Å²) < 4.78 is 23.1. The third-order valence-electron chi connectivity index (χ3n) is 2.74. The second-order valence-corrected chi connectivity index (χ2v) is 6.41. The van der Waals surface area contributed by atoms with E-state index < -0.39 is 9.84 Å². The molecule has 1 fully saturated rings. The van der Waals surface area contributed by atoms with Crippen LogP contribution in [0.15, 0.2) is 29.2 Å². The van der Waals surface area contributed by atoms with E-state index in [4.69, 9.17) is 0 Å². The molecule has 1 saturated carbocycles. The van der Waals surface area contributed by atoms with Crippen molar-refractivity contribution in [2.75, 3.05) is 24.7 Å². The summed E-state index contributed by atoms with van der Waals surface area (Å²) >= 11 is 0. The van der Waals surface area contributed by atoms with Crippen molar-refractivity contribution >= 4 is 15.5 Å². The van der Waals surface area contributed by atoms with Gasteiger partial charge in [0.25, 0.3) is 0 Å². The zero-order chi connectivity index (χ0) is 12.3. The van der Waals surface area contributed by atoms with Crippen LogP contribution in [-0.2, 0) is 9.84 Å². The van der Waals surface area contributed by atoms with E-state index in [1.807, 2.05) is 6.07 Å². The fraction of sp³-hybridized carbons (Fsp3) is 0.500. The first-order valence-corrected chi connectivity index (χ1v) is 7.73. The molecule has 1 aromatic rings. The van der Waals surface area contributed by atoms with Crippen LogP contribution in [0.1, 0.15) is 12.8 Å². The minimum atomic E-state index is -3.16. The van der Waals surface area contributed by atoms with Crippen LogP contribution in [-0.4, -0.2) is 33.8 Å². The molecule has 0 bridgehead atoms. The van der Waals surface area contributed by atoms with E-state index >= 15 is 0 Å². The first-order valence-electron chi connectivity index (χ1n) is 5.84. The van der Waals surface area contributed by atoms with Gasteiger partial charge in [0.05, 0.1) is 10.6 Å². The van der Waals surface area contributed by atoms with Crippen molar-refractivity contribution in [1.29, 1.82) is 0 Å². The normalized spacial score (nSPS) is 15.8. The molecular weight excluding hydrogens is 236 g/mol. The van der Waals surface area contributed by atoms with Gasteiger partial charge in [0.2, 0.25) is 0 Å². The van der Waals surface area contributed by atoms with E-state index in [-0.39, 0.29) is 0 Å². The average Bonchev–Trinajstić information content (AvgIpc) is 3.07. The Labute approximate surface area is 102 Å². The van der Waals surface area contributed by atoms with Gasteiger partial charge in [-0.1, -0.05) is 12.1 Å². The number of hydrogen-bond acceptors (Lipinski definition) is 4. The van der Waals surface area contributed by atoms with Crippen molar-refractivity contribution in [2.24, 2.45) is 0 Å². The van der Waals surface area contributed by atoms with Gasteiger partial charge in [0.1, 0.15) is 0 Å². The van der Waals surface area contributed by atoms with Gasteiger partial charge < -0.3 is 10.6 Å². The number of rotatable bonds is 6. The van der Waals surface area contributed by atoms with E-state index in [9.17, 15) is 8.42 Å². The molecule has 0 amide bonds.